The minimum Gasteiger partial charge on any atom is -0.263 e. The Kier molecular flexibility index (Phi) is 3.61. The number of benzene rings is 1. The lowest BCUT2D eigenvalue weighted by atomic mass is 9.96. The predicted molar refractivity (Wildman–Crippen MR) is 69.9 cm³/mol. The summed E-state index contributed by atoms with van der Waals surface area (Å²) in [7, 11) is -3.61. The molecule has 0 atom stereocenters. The zero-order valence-electron chi connectivity index (χ0n) is 9.81. The molecule has 0 amide bonds. The fraction of sp³-hybridized carbons (Fsp3) is 0.500. The summed E-state index contributed by atoms with van der Waals surface area (Å²) < 4.78 is 29.3. The highest BCUT2D eigenvalue weighted by Crippen LogP contribution is 2.32. The first-order valence-electron chi connectivity index (χ1n) is 5.53. The van der Waals surface area contributed by atoms with E-state index in [1.54, 1.807) is 19.1 Å². The third-order valence-electron chi connectivity index (χ3n) is 2.90. The molecule has 0 aliphatic heterocycles. The average molecular weight is 319 g/mol. The quantitative estimate of drug-likeness (QED) is 0.635. The fourth-order valence-electron chi connectivity index (χ4n) is 1.89. The summed E-state index contributed by atoms with van der Waals surface area (Å²) in [5.41, 5.74) is 1.78. The van der Waals surface area contributed by atoms with Crippen LogP contribution in [0.2, 0.25) is 0 Å². The molecule has 0 N–H and O–H groups in total. The topological polar surface area (TPSA) is 43.4 Å². The van der Waals surface area contributed by atoms with Gasteiger partial charge in [-0.2, -0.15) is 8.42 Å². The Bertz CT molecular complexity index is 519. The van der Waals surface area contributed by atoms with Gasteiger partial charge in [-0.05, 0) is 38.3 Å². The van der Waals surface area contributed by atoms with Crippen molar-refractivity contribution in [1.29, 1.82) is 0 Å². The first-order valence-corrected chi connectivity index (χ1v) is 7.85. The highest BCUT2D eigenvalue weighted by atomic mass is 79.9. The Morgan fingerprint density at radius 3 is 2.47 bits per heavy atom. The highest BCUT2D eigenvalue weighted by molar-refractivity contribution is 9.09. The van der Waals surface area contributed by atoms with E-state index in [2.05, 4.69) is 15.9 Å². The van der Waals surface area contributed by atoms with Gasteiger partial charge in [0.05, 0.1) is 11.0 Å². The van der Waals surface area contributed by atoms with Crippen LogP contribution in [0.1, 0.15) is 24.0 Å². The van der Waals surface area contributed by atoms with Crippen molar-refractivity contribution in [2.45, 2.75) is 42.5 Å². The van der Waals surface area contributed by atoms with Crippen molar-refractivity contribution in [3.05, 3.63) is 29.3 Å². The van der Waals surface area contributed by atoms with Crippen molar-refractivity contribution >= 4 is 26.0 Å². The molecule has 5 heteroatoms. The maximum absolute atomic E-state index is 12.0. The van der Waals surface area contributed by atoms with Crippen molar-refractivity contribution in [3.63, 3.8) is 0 Å². The average Bonchev–Trinajstić information content (AvgIpc) is 2.14. The van der Waals surface area contributed by atoms with Crippen LogP contribution in [0.3, 0.4) is 0 Å². The van der Waals surface area contributed by atoms with Crippen molar-refractivity contribution in [2.24, 2.45) is 0 Å². The lowest BCUT2D eigenvalue weighted by molar-refractivity contribution is 0.135. The second-order valence-corrected chi connectivity index (χ2v) is 7.35. The van der Waals surface area contributed by atoms with E-state index in [-0.39, 0.29) is 11.0 Å². The van der Waals surface area contributed by atoms with Crippen LogP contribution in [0.15, 0.2) is 23.1 Å². The molecule has 2 rings (SSSR count). The summed E-state index contributed by atoms with van der Waals surface area (Å²) in [6.45, 7) is 3.73. The Morgan fingerprint density at radius 1 is 1.29 bits per heavy atom. The molecule has 0 unspecified atom stereocenters. The Hall–Kier alpha value is -0.390. The first kappa shape index (κ1) is 13.1. The third-order valence-corrected chi connectivity index (χ3v) is 5.17. The van der Waals surface area contributed by atoms with E-state index >= 15 is 0 Å². The maximum Gasteiger partial charge on any atom is 0.297 e. The summed E-state index contributed by atoms with van der Waals surface area (Å²) in [5.74, 6) is 0. The SMILES string of the molecule is Cc1ccc(S(=O)(=O)OC2CC(Br)C2)c(C)c1. The van der Waals surface area contributed by atoms with E-state index in [1.165, 1.54) is 0 Å². The Labute approximate surface area is 110 Å². The number of aryl methyl sites for hydroxylation is 2. The van der Waals surface area contributed by atoms with Crippen LogP contribution in [0.5, 0.6) is 0 Å². The van der Waals surface area contributed by atoms with E-state index in [0.717, 1.165) is 24.0 Å². The van der Waals surface area contributed by atoms with Gasteiger partial charge in [-0.3, -0.25) is 4.18 Å². The molecule has 0 heterocycles. The summed E-state index contributed by atoms with van der Waals surface area (Å²) >= 11 is 3.41. The van der Waals surface area contributed by atoms with Gasteiger partial charge in [-0.15, -0.1) is 0 Å². The van der Waals surface area contributed by atoms with E-state index in [9.17, 15) is 8.42 Å². The van der Waals surface area contributed by atoms with Crippen LogP contribution in [-0.4, -0.2) is 19.3 Å². The normalized spacial score (nSPS) is 24.4. The van der Waals surface area contributed by atoms with Crippen LogP contribution in [-0.2, 0) is 14.3 Å². The third kappa shape index (κ3) is 2.89. The minimum atomic E-state index is -3.61. The van der Waals surface area contributed by atoms with Crippen molar-refractivity contribution < 1.29 is 12.6 Å². The number of hydrogen-bond donors (Lipinski definition) is 0. The molecular weight excluding hydrogens is 304 g/mol. The molecule has 0 aromatic heterocycles. The number of hydrogen-bond acceptors (Lipinski definition) is 3. The zero-order valence-corrected chi connectivity index (χ0v) is 12.2. The molecule has 1 aliphatic rings. The highest BCUT2D eigenvalue weighted by Gasteiger charge is 2.33. The fourth-order valence-corrected chi connectivity index (χ4v) is 4.03. The maximum atomic E-state index is 12.0. The smallest absolute Gasteiger partial charge is 0.263 e. The molecule has 17 heavy (non-hydrogen) atoms. The molecule has 1 aromatic carbocycles. The standard InChI is InChI=1S/C12H15BrO3S/c1-8-3-4-12(9(2)5-8)17(14,15)16-11-6-10(13)7-11/h3-5,10-11H,6-7H2,1-2H3. The monoisotopic (exact) mass is 318 g/mol. The number of rotatable bonds is 3. The van der Waals surface area contributed by atoms with Gasteiger partial charge >= 0.3 is 0 Å². The molecule has 1 fully saturated rings. The molecule has 0 spiro atoms. The molecule has 3 nitrogen and oxygen atoms in total. The number of halogens is 1. The molecule has 0 radical (unpaired) electrons. The molecule has 1 saturated carbocycles. The Morgan fingerprint density at radius 2 is 1.94 bits per heavy atom. The van der Waals surface area contributed by atoms with Gasteiger partial charge in [0.2, 0.25) is 0 Å². The van der Waals surface area contributed by atoms with Crippen LogP contribution in [0.25, 0.3) is 0 Å². The van der Waals surface area contributed by atoms with Crippen LogP contribution in [0, 0.1) is 13.8 Å². The summed E-state index contributed by atoms with van der Waals surface area (Å²) in [6, 6.07) is 5.26. The molecule has 1 aromatic rings. The minimum absolute atomic E-state index is 0.176. The van der Waals surface area contributed by atoms with Crippen LogP contribution >= 0.6 is 15.9 Å². The van der Waals surface area contributed by atoms with Gasteiger partial charge in [0.1, 0.15) is 0 Å². The van der Waals surface area contributed by atoms with Gasteiger partial charge in [0.25, 0.3) is 10.1 Å². The van der Waals surface area contributed by atoms with E-state index in [4.69, 9.17) is 4.18 Å². The Balaban J connectivity index is 2.20. The largest absolute Gasteiger partial charge is 0.297 e. The molecule has 1 aliphatic carbocycles. The number of alkyl halides is 1. The predicted octanol–water partition coefficient (Wildman–Crippen LogP) is 2.93. The molecule has 0 saturated heterocycles. The lowest BCUT2D eigenvalue weighted by Gasteiger charge is -2.30. The van der Waals surface area contributed by atoms with E-state index < -0.39 is 10.1 Å². The summed E-state index contributed by atoms with van der Waals surface area (Å²) in [5, 5.41) is 0. The summed E-state index contributed by atoms with van der Waals surface area (Å²) in [6.07, 6.45) is 1.33. The van der Waals surface area contributed by atoms with E-state index in [0.29, 0.717) is 4.83 Å². The zero-order chi connectivity index (χ0) is 12.6. The van der Waals surface area contributed by atoms with Crippen molar-refractivity contribution in [2.75, 3.05) is 0 Å². The van der Waals surface area contributed by atoms with Crippen molar-refractivity contribution in [1.82, 2.24) is 0 Å². The van der Waals surface area contributed by atoms with Gasteiger partial charge in [-0.25, -0.2) is 0 Å². The first-order chi connectivity index (χ1) is 7.88. The summed E-state index contributed by atoms with van der Waals surface area (Å²) in [4.78, 5) is 0.669. The van der Waals surface area contributed by atoms with Gasteiger partial charge in [0, 0.05) is 4.83 Å². The lowest BCUT2D eigenvalue weighted by Crippen LogP contribution is -2.33. The van der Waals surface area contributed by atoms with E-state index in [1.807, 2.05) is 13.0 Å². The van der Waals surface area contributed by atoms with Crippen LogP contribution in [0.4, 0.5) is 0 Å². The second kappa shape index (κ2) is 4.71. The van der Waals surface area contributed by atoms with Gasteiger partial charge < -0.3 is 0 Å². The van der Waals surface area contributed by atoms with Gasteiger partial charge in [-0.1, -0.05) is 33.6 Å². The van der Waals surface area contributed by atoms with Gasteiger partial charge in [0.15, 0.2) is 0 Å². The molecule has 94 valence electrons. The van der Waals surface area contributed by atoms with Crippen molar-refractivity contribution in [3.8, 4) is 0 Å². The van der Waals surface area contributed by atoms with Crippen LogP contribution < -0.4 is 0 Å². The molecular formula is C12H15BrO3S. The second-order valence-electron chi connectivity index (χ2n) is 4.51. The molecule has 0 bridgehead atoms.